The third-order valence-electron chi connectivity index (χ3n) is 2.12. The summed E-state index contributed by atoms with van der Waals surface area (Å²) in [4.78, 5) is 17.8. The van der Waals surface area contributed by atoms with Gasteiger partial charge in [0.2, 0.25) is 5.95 Å². The molecule has 0 atom stereocenters. The first-order valence-electron chi connectivity index (χ1n) is 4.78. The van der Waals surface area contributed by atoms with Gasteiger partial charge in [-0.15, -0.1) is 0 Å². The van der Waals surface area contributed by atoms with E-state index < -0.39 is 11.9 Å². The number of hydrogen-bond acceptors (Lipinski definition) is 2. The number of carbonyl (C=O) groups excluding carboxylic acids is 1. The minimum Gasteiger partial charge on any atom is -0.367 e. The lowest BCUT2D eigenvalue weighted by molar-refractivity contribution is 0.0946. The van der Waals surface area contributed by atoms with E-state index >= 15 is 0 Å². The van der Waals surface area contributed by atoms with Gasteiger partial charge in [0, 0.05) is 25.1 Å². The Bertz CT molecular complexity index is 482. The molecule has 0 aliphatic heterocycles. The smallest absolute Gasteiger partial charge is 0.256 e. The van der Waals surface area contributed by atoms with Gasteiger partial charge in [0.25, 0.3) is 5.91 Å². The second-order valence-electron chi connectivity index (χ2n) is 3.24. The standard InChI is InChI=1S/C11H10FN3O/c12-10-9(2-1-4-14-10)11(16)15-7-8-3-5-13-6-8/h1-6,13H,7H2,(H,15,16). The highest BCUT2D eigenvalue weighted by Crippen LogP contribution is 2.03. The van der Waals surface area contributed by atoms with E-state index in [9.17, 15) is 9.18 Å². The zero-order chi connectivity index (χ0) is 11.4. The number of aromatic amines is 1. The number of rotatable bonds is 3. The van der Waals surface area contributed by atoms with Gasteiger partial charge in [0.05, 0.1) is 5.56 Å². The third kappa shape index (κ3) is 2.25. The molecule has 0 unspecified atom stereocenters. The van der Waals surface area contributed by atoms with Crippen LogP contribution in [0.5, 0.6) is 0 Å². The van der Waals surface area contributed by atoms with Crippen molar-refractivity contribution in [1.29, 1.82) is 0 Å². The summed E-state index contributed by atoms with van der Waals surface area (Å²) in [5.74, 6) is -1.22. The molecule has 5 heteroatoms. The minimum absolute atomic E-state index is 0.0435. The van der Waals surface area contributed by atoms with Gasteiger partial charge < -0.3 is 10.3 Å². The minimum atomic E-state index is -0.755. The summed E-state index contributed by atoms with van der Waals surface area (Å²) in [5.41, 5.74) is 0.885. The van der Waals surface area contributed by atoms with Crippen LogP contribution in [-0.4, -0.2) is 15.9 Å². The first-order valence-corrected chi connectivity index (χ1v) is 4.78. The van der Waals surface area contributed by atoms with Crippen molar-refractivity contribution in [3.05, 3.63) is 53.9 Å². The molecule has 0 saturated heterocycles. The fourth-order valence-electron chi connectivity index (χ4n) is 1.30. The molecular formula is C11H10FN3O. The summed E-state index contributed by atoms with van der Waals surface area (Å²) in [6, 6.07) is 4.75. The number of hydrogen-bond donors (Lipinski definition) is 2. The van der Waals surface area contributed by atoms with Crippen LogP contribution in [0.2, 0.25) is 0 Å². The molecule has 1 amide bonds. The highest BCUT2D eigenvalue weighted by molar-refractivity contribution is 5.94. The Morgan fingerprint density at radius 2 is 2.38 bits per heavy atom. The lowest BCUT2D eigenvalue weighted by Crippen LogP contribution is -2.23. The van der Waals surface area contributed by atoms with Crippen molar-refractivity contribution in [3.63, 3.8) is 0 Å². The van der Waals surface area contributed by atoms with Crippen LogP contribution in [0.4, 0.5) is 4.39 Å². The van der Waals surface area contributed by atoms with E-state index in [4.69, 9.17) is 0 Å². The number of carbonyl (C=O) groups is 1. The Hall–Kier alpha value is -2.17. The number of pyridine rings is 1. The van der Waals surface area contributed by atoms with Gasteiger partial charge in [0.15, 0.2) is 0 Å². The van der Waals surface area contributed by atoms with E-state index in [1.165, 1.54) is 18.3 Å². The molecule has 0 bridgehead atoms. The number of nitrogens with zero attached hydrogens (tertiary/aromatic N) is 1. The molecule has 2 aromatic heterocycles. The van der Waals surface area contributed by atoms with Crippen LogP contribution in [0, 0.1) is 5.95 Å². The van der Waals surface area contributed by atoms with Crippen LogP contribution < -0.4 is 5.32 Å². The molecule has 0 aromatic carbocycles. The molecule has 0 radical (unpaired) electrons. The van der Waals surface area contributed by atoms with Crippen LogP contribution in [0.15, 0.2) is 36.8 Å². The quantitative estimate of drug-likeness (QED) is 0.768. The van der Waals surface area contributed by atoms with Crippen molar-refractivity contribution < 1.29 is 9.18 Å². The van der Waals surface area contributed by atoms with Gasteiger partial charge in [-0.25, -0.2) is 4.98 Å². The molecule has 0 aliphatic rings. The summed E-state index contributed by atoms with van der Waals surface area (Å²) < 4.78 is 13.1. The van der Waals surface area contributed by atoms with Gasteiger partial charge >= 0.3 is 0 Å². The summed E-state index contributed by atoms with van der Waals surface area (Å²) in [5, 5.41) is 2.60. The highest BCUT2D eigenvalue weighted by Gasteiger charge is 2.11. The van der Waals surface area contributed by atoms with Crippen molar-refractivity contribution >= 4 is 5.91 Å². The predicted molar refractivity (Wildman–Crippen MR) is 56.2 cm³/mol. The average molecular weight is 219 g/mol. The molecule has 2 N–H and O–H groups in total. The van der Waals surface area contributed by atoms with Crippen LogP contribution in [0.3, 0.4) is 0 Å². The molecule has 16 heavy (non-hydrogen) atoms. The van der Waals surface area contributed by atoms with Crippen LogP contribution in [-0.2, 0) is 6.54 Å². The molecule has 2 aromatic rings. The van der Waals surface area contributed by atoms with Crippen LogP contribution in [0.1, 0.15) is 15.9 Å². The highest BCUT2D eigenvalue weighted by atomic mass is 19.1. The summed E-state index contributed by atoms with van der Waals surface area (Å²) in [7, 11) is 0. The number of aromatic nitrogens is 2. The second kappa shape index (κ2) is 4.57. The van der Waals surface area contributed by atoms with E-state index in [0.717, 1.165) is 5.56 Å². The van der Waals surface area contributed by atoms with Crippen molar-refractivity contribution in [1.82, 2.24) is 15.3 Å². The van der Waals surface area contributed by atoms with Crippen LogP contribution >= 0.6 is 0 Å². The maximum Gasteiger partial charge on any atom is 0.256 e. The molecule has 0 fully saturated rings. The van der Waals surface area contributed by atoms with E-state index in [2.05, 4.69) is 15.3 Å². The molecule has 82 valence electrons. The number of halogens is 1. The molecule has 4 nitrogen and oxygen atoms in total. The zero-order valence-electron chi connectivity index (χ0n) is 8.40. The first-order chi connectivity index (χ1) is 7.77. The monoisotopic (exact) mass is 219 g/mol. The van der Waals surface area contributed by atoms with E-state index in [1.807, 2.05) is 6.07 Å². The van der Waals surface area contributed by atoms with Crippen molar-refractivity contribution in [2.24, 2.45) is 0 Å². The average Bonchev–Trinajstić information content (AvgIpc) is 2.79. The molecule has 0 saturated carbocycles. The Morgan fingerprint density at radius 3 is 3.06 bits per heavy atom. The van der Waals surface area contributed by atoms with Crippen LogP contribution in [0.25, 0.3) is 0 Å². The molecule has 2 heterocycles. The predicted octanol–water partition coefficient (Wildman–Crippen LogP) is 1.48. The van der Waals surface area contributed by atoms with Gasteiger partial charge in [-0.05, 0) is 23.8 Å². The zero-order valence-corrected chi connectivity index (χ0v) is 8.40. The number of nitrogens with one attached hydrogen (secondary N) is 2. The Labute approximate surface area is 91.5 Å². The lowest BCUT2D eigenvalue weighted by atomic mass is 10.2. The van der Waals surface area contributed by atoms with E-state index in [1.54, 1.807) is 12.4 Å². The largest absolute Gasteiger partial charge is 0.367 e. The van der Waals surface area contributed by atoms with Gasteiger partial charge in [-0.3, -0.25) is 4.79 Å². The van der Waals surface area contributed by atoms with Crippen molar-refractivity contribution in [2.45, 2.75) is 6.54 Å². The fraction of sp³-hybridized carbons (Fsp3) is 0.0909. The maximum atomic E-state index is 13.1. The Morgan fingerprint density at radius 1 is 1.50 bits per heavy atom. The number of H-pyrrole nitrogens is 1. The fourth-order valence-corrected chi connectivity index (χ4v) is 1.30. The molecule has 0 aliphatic carbocycles. The normalized spacial score (nSPS) is 10.1. The van der Waals surface area contributed by atoms with E-state index in [-0.39, 0.29) is 5.56 Å². The SMILES string of the molecule is O=C(NCc1cc[nH]c1)c1cccnc1F. The van der Waals surface area contributed by atoms with Crippen molar-refractivity contribution in [3.8, 4) is 0 Å². The van der Waals surface area contributed by atoms with E-state index in [0.29, 0.717) is 6.54 Å². The molecular weight excluding hydrogens is 209 g/mol. The Kier molecular flexibility index (Phi) is 2.95. The summed E-state index contributed by atoms with van der Waals surface area (Å²) in [6.07, 6.45) is 4.82. The van der Waals surface area contributed by atoms with Gasteiger partial charge in [0.1, 0.15) is 0 Å². The van der Waals surface area contributed by atoms with Gasteiger partial charge in [-0.2, -0.15) is 4.39 Å². The topological polar surface area (TPSA) is 57.8 Å². The lowest BCUT2D eigenvalue weighted by Gasteiger charge is -2.03. The maximum absolute atomic E-state index is 13.1. The first kappa shape index (κ1) is 10.4. The van der Waals surface area contributed by atoms with Gasteiger partial charge in [-0.1, -0.05) is 0 Å². The third-order valence-corrected chi connectivity index (χ3v) is 2.12. The van der Waals surface area contributed by atoms with Crippen molar-refractivity contribution in [2.75, 3.05) is 0 Å². The summed E-state index contributed by atoms with van der Waals surface area (Å²) in [6.45, 7) is 0.358. The molecule has 0 spiro atoms. The Balaban J connectivity index is 2.01. The number of amides is 1. The second-order valence-corrected chi connectivity index (χ2v) is 3.24. The molecule has 2 rings (SSSR count). The summed E-state index contributed by atoms with van der Waals surface area (Å²) >= 11 is 0.